The van der Waals surface area contributed by atoms with Crippen LogP contribution in [-0.2, 0) is 0 Å². The van der Waals surface area contributed by atoms with Gasteiger partial charge >= 0.3 is 0 Å². The Kier molecular flexibility index (Phi) is 4.88. The van der Waals surface area contributed by atoms with Crippen molar-refractivity contribution in [1.82, 2.24) is 0 Å². The van der Waals surface area contributed by atoms with Crippen molar-refractivity contribution < 1.29 is 9.47 Å². The maximum Gasteiger partial charge on any atom is 0.124 e. The lowest BCUT2D eigenvalue weighted by Gasteiger charge is -2.19. The average molecular weight is 271 g/mol. The maximum absolute atomic E-state index is 5.68. The summed E-state index contributed by atoms with van der Waals surface area (Å²) in [5.74, 6) is 1.78. The highest BCUT2D eigenvalue weighted by Crippen LogP contribution is 2.28. The summed E-state index contributed by atoms with van der Waals surface area (Å²) in [6, 6.07) is 16.2. The molecule has 0 saturated heterocycles. The van der Waals surface area contributed by atoms with Crippen molar-refractivity contribution in [3.63, 3.8) is 0 Å². The summed E-state index contributed by atoms with van der Waals surface area (Å²) in [6.45, 7) is 4.79. The van der Waals surface area contributed by atoms with E-state index in [1.165, 1.54) is 0 Å². The Bertz CT molecular complexity index is 554. The van der Waals surface area contributed by atoms with Crippen LogP contribution in [0.25, 0.3) is 0 Å². The number of para-hydroxylation sites is 1. The minimum atomic E-state index is 0.157. The van der Waals surface area contributed by atoms with E-state index in [0.29, 0.717) is 6.61 Å². The summed E-state index contributed by atoms with van der Waals surface area (Å²) in [4.78, 5) is 0. The zero-order valence-corrected chi connectivity index (χ0v) is 12.2. The van der Waals surface area contributed by atoms with E-state index in [-0.39, 0.29) is 6.04 Å². The second-order valence-electron chi connectivity index (χ2n) is 4.57. The molecule has 1 unspecified atom stereocenters. The zero-order chi connectivity index (χ0) is 14.4. The standard InChI is InChI=1S/C17H21NO2/c1-4-20-17-11-6-5-10-16(17)13(2)18-14-8-7-9-15(12-14)19-3/h5-13,18H,4H2,1-3H3. The largest absolute Gasteiger partial charge is 0.497 e. The van der Waals surface area contributed by atoms with E-state index < -0.39 is 0 Å². The first kappa shape index (κ1) is 14.3. The Labute approximate surface area is 120 Å². The Morgan fingerprint density at radius 3 is 2.65 bits per heavy atom. The molecule has 0 heterocycles. The molecule has 0 spiro atoms. The lowest BCUT2D eigenvalue weighted by atomic mass is 10.1. The fraction of sp³-hybridized carbons (Fsp3) is 0.294. The summed E-state index contributed by atoms with van der Waals surface area (Å²) in [7, 11) is 1.67. The van der Waals surface area contributed by atoms with Crippen LogP contribution in [0.4, 0.5) is 5.69 Å². The molecular weight excluding hydrogens is 250 g/mol. The van der Waals surface area contributed by atoms with Crippen LogP contribution in [0, 0.1) is 0 Å². The van der Waals surface area contributed by atoms with E-state index in [9.17, 15) is 0 Å². The van der Waals surface area contributed by atoms with E-state index in [2.05, 4.69) is 18.3 Å². The van der Waals surface area contributed by atoms with Crippen LogP contribution in [-0.4, -0.2) is 13.7 Å². The highest BCUT2D eigenvalue weighted by atomic mass is 16.5. The van der Waals surface area contributed by atoms with Gasteiger partial charge in [-0.2, -0.15) is 0 Å². The number of benzene rings is 2. The van der Waals surface area contributed by atoms with Gasteiger partial charge in [0, 0.05) is 17.3 Å². The van der Waals surface area contributed by atoms with E-state index in [1.54, 1.807) is 7.11 Å². The van der Waals surface area contributed by atoms with Gasteiger partial charge in [-0.1, -0.05) is 24.3 Å². The van der Waals surface area contributed by atoms with Gasteiger partial charge in [-0.15, -0.1) is 0 Å². The molecule has 3 heteroatoms. The quantitative estimate of drug-likeness (QED) is 0.851. The van der Waals surface area contributed by atoms with Crippen LogP contribution >= 0.6 is 0 Å². The molecular formula is C17H21NO2. The molecule has 3 nitrogen and oxygen atoms in total. The van der Waals surface area contributed by atoms with Crippen LogP contribution in [0.5, 0.6) is 11.5 Å². The summed E-state index contributed by atoms with van der Waals surface area (Å²) >= 11 is 0. The molecule has 2 aromatic rings. The predicted octanol–water partition coefficient (Wildman–Crippen LogP) is 4.27. The van der Waals surface area contributed by atoms with E-state index in [0.717, 1.165) is 22.7 Å². The molecule has 106 valence electrons. The highest BCUT2D eigenvalue weighted by molar-refractivity contribution is 5.51. The number of hydrogen-bond acceptors (Lipinski definition) is 3. The van der Waals surface area contributed by atoms with Gasteiger partial charge in [0.1, 0.15) is 11.5 Å². The van der Waals surface area contributed by atoms with Crippen LogP contribution < -0.4 is 14.8 Å². The van der Waals surface area contributed by atoms with Gasteiger partial charge in [0.25, 0.3) is 0 Å². The first-order valence-electron chi connectivity index (χ1n) is 6.87. The van der Waals surface area contributed by atoms with Gasteiger partial charge in [-0.3, -0.25) is 0 Å². The monoisotopic (exact) mass is 271 g/mol. The number of nitrogens with one attached hydrogen (secondary N) is 1. The number of methoxy groups -OCH3 is 1. The molecule has 0 bridgehead atoms. The smallest absolute Gasteiger partial charge is 0.124 e. The second kappa shape index (κ2) is 6.85. The van der Waals surface area contributed by atoms with Crippen molar-refractivity contribution in [3.05, 3.63) is 54.1 Å². The SMILES string of the molecule is CCOc1ccccc1C(C)Nc1cccc(OC)c1. The lowest BCUT2D eigenvalue weighted by Crippen LogP contribution is -2.09. The van der Waals surface area contributed by atoms with Gasteiger partial charge in [0.15, 0.2) is 0 Å². The van der Waals surface area contributed by atoms with Gasteiger partial charge in [-0.25, -0.2) is 0 Å². The molecule has 0 radical (unpaired) electrons. The molecule has 2 aromatic carbocycles. The Hall–Kier alpha value is -2.16. The minimum absolute atomic E-state index is 0.157. The Morgan fingerprint density at radius 2 is 1.90 bits per heavy atom. The molecule has 0 fully saturated rings. The van der Waals surface area contributed by atoms with Crippen LogP contribution in [0.1, 0.15) is 25.5 Å². The summed E-state index contributed by atoms with van der Waals surface area (Å²) in [5.41, 5.74) is 2.18. The highest BCUT2D eigenvalue weighted by Gasteiger charge is 2.11. The van der Waals surface area contributed by atoms with Gasteiger partial charge in [-0.05, 0) is 32.0 Å². The van der Waals surface area contributed by atoms with Crippen molar-refractivity contribution in [2.45, 2.75) is 19.9 Å². The van der Waals surface area contributed by atoms with Gasteiger partial charge in [0.2, 0.25) is 0 Å². The minimum Gasteiger partial charge on any atom is -0.497 e. The number of rotatable bonds is 6. The molecule has 0 aliphatic rings. The predicted molar refractivity (Wildman–Crippen MR) is 82.6 cm³/mol. The van der Waals surface area contributed by atoms with E-state index in [4.69, 9.17) is 9.47 Å². The topological polar surface area (TPSA) is 30.5 Å². The molecule has 0 amide bonds. The summed E-state index contributed by atoms with van der Waals surface area (Å²) in [6.07, 6.45) is 0. The Morgan fingerprint density at radius 1 is 1.10 bits per heavy atom. The number of hydrogen-bond donors (Lipinski definition) is 1. The molecule has 20 heavy (non-hydrogen) atoms. The molecule has 0 aliphatic heterocycles. The fourth-order valence-electron chi connectivity index (χ4n) is 2.17. The molecule has 1 atom stereocenters. The molecule has 2 rings (SSSR count). The van der Waals surface area contributed by atoms with Crippen molar-refractivity contribution in [3.8, 4) is 11.5 Å². The van der Waals surface area contributed by atoms with Crippen molar-refractivity contribution in [1.29, 1.82) is 0 Å². The fourth-order valence-corrected chi connectivity index (χ4v) is 2.17. The zero-order valence-electron chi connectivity index (χ0n) is 12.2. The van der Waals surface area contributed by atoms with Crippen LogP contribution in [0.2, 0.25) is 0 Å². The third-order valence-corrected chi connectivity index (χ3v) is 3.14. The lowest BCUT2D eigenvalue weighted by molar-refractivity contribution is 0.335. The number of anilines is 1. The van der Waals surface area contributed by atoms with Crippen LogP contribution in [0.3, 0.4) is 0 Å². The molecule has 0 aliphatic carbocycles. The van der Waals surface area contributed by atoms with Gasteiger partial charge < -0.3 is 14.8 Å². The van der Waals surface area contributed by atoms with E-state index in [1.807, 2.05) is 49.4 Å². The third-order valence-electron chi connectivity index (χ3n) is 3.14. The van der Waals surface area contributed by atoms with Crippen molar-refractivity contribution >= 4 is 5.69 Å². The molecule has 1 N–H and O–H groups in total. The number of ether oxygens (including phenoxy) is 2. The third kappa shape index (κ3) is 3.44. The van der Waals surface area contributed by atoms with Crippen LogP contribution in [0.15, 0.2) is 48.5 Å². The van der Waals surface area contributed by atoms with Gasteiger partial charge in [0.05, 0.1) is 19.8 Å². The summed E-state index contributed by atoms with van der Waals surface area (Å²) < 4.78 is 10.9. The second-order valence-corrected chi connectivity index (χ2v) is 4.57. The first-order chi connectivity index (χ1) is 9.74. The molecule has 0 saturated carbocycles. The summed E-state index contributed by atoms with van der Waals surface area (Å²) in [5, 5.41) is 3.47. The van der Waals surface area contributed by atoms with E-state index >= 15 is 0 Å². The molecule has 0 aromatic heterocycles. The Balaban J connectivity index is 2.17. The maximum atomic E-state index is 5.68. The first-order valence-corrected chi connectivity index (χ1v) is 6.87. The van der Waals surface area contributed by atoms with Crippen molar-refractivity contribution in [2.24, 2.45) is 0 Å². The average Bonchev–Trinajstić information content (AvgIpc) is 2.48. The normalized spacial score (nSPS) is 11.8. The van der Waals surface area contributed by atoms with Crippen molar-refractivity contribution in [2.75, 3.05) is 19.0 Å².